The first-order valence-corrected chi connectivity index (χ1v) is 6.76. The van der Waals surface area contributed by atoms with E-state index in [1.54, 1.807) is 0 Å². The fraction of sp³-hybridized carbons (Fsp3) is 0.500. The lowest BCUT2D eigenvalue weighted by Crippen LogP contribution is -2.05. The maximum atomic E-state index is 8.66. The van der Waals surface area contributed by atoms with Gasteiger partial charge in [0.05, 0.1) is 12.5 Å². The predicted molar refractivity (Wildman–Crippen MR) is 69.3 cm³/mol. The van der Waals surface area contributed by atoms with Crippen molar-refractivity contribution < 1.29 is 0 Å². The Morgan fingerprint density at radius 2 is 2.00 bits per heavy atom. The number of nitrogens with zero attached hydrogens (tertiary/aromatic N) is 1. The summed E-state index contributed by atoms with van der Waals surface area (Å²) in [6, 6.07) is 8.59. The predicted octanol–water partition coefficient (Wildman–Crippen LogP) is 4.56. The minimum atomic E-state index is 0.504. The largest absolute Gasteiger partial charge is 0.198 e. The fourth-order valence-corrected chi connectivity index (χ4v) is 3.27. The highest BCUT2D eigenvalue weighted by Gasteiger charge is 2.17. The zero-order valence-corrected chi connectivity index (χ0v) is 11.0. The van der Waals surface area contributed by atoms with Crippen LogP contribution in [0.15, 0.2) is 22.7 Å². The van der Waals surface area contributed by atoms with Crippen LogP contribution >= 0.6 is 15.9 Å². The molecule has 1 aromatic carbocycles. The Morgan fingerprint density at radius 3 is 2.62 bits per heavy atom. The van der Waals surface area contributed by atoms with Crippen LogP contribution in [0.5, 0.6) is 0 Å². The van der Waals surface area contributed by atoms with Crippen molar-refractivity contribution in [3.8, 4) is 6.07 Å². The van der Waals surface area contributed by atoms with Gasteiger partial charge in [-0.2, -0.15) is 5.26 Å². The molecule has 0 aromatic heterocycles. The molecule has 1 saturated carbocycles. The van der Waals surface area contributed by atoms with Gasteiger partial charge in [-0.3, -0.25) is 0 Å². The van der Waals surface area contributed by atoms with Gasteiger partial charge < -0.3 is 0 Å². The van der Waals surface area contributed by atoms with Crippen LogP contribution < -0.4 is 0 Å². The summed E-state index contributed by atoms with van der Waals surface area (Å²) >= 11 is 3.64. The molecule has 0 amide bonds. The molecule has 1 aromatic rings. The van der Waals surface area contributed by atoms with Crippen LogP contribution in [-0.2, 0) is 6.42 Å². The molecule has 0 saturated heterocycles. The summed E-state index contributed by atoms with van der Waals surface area (Å²) in [4.78, 5) is 0. The monoisotopic (exact) mass is 277 g/mol. The van der Waals surface area contributed by atoms with Crippen LogP contribution in [0.4, 0.5) is 0 Å². The third-order valence-corrected chi connectivity index (χ3v) is 4.08. The molecule has 2 rings (SSSR count). The van der Waals surface area contributed by atoms with E-state index < -0.39 is 0 Å². The molecular formula is C14H16BrN. The molecule has 0 atom stereocenters. The summed E-state index contributed by atoms with van der Waals surface area (Å²) in [5, 5.41) is 8.66. The van der Waals surface area contributed by atoms with Gasteiger partial charge >= 0.3 is 0 Å². The lowest BCUT2D eigenvalue weighted by atomic mass is 9.84. The van der Waals surface area contributed by atoms with Crippen LogP contribution in [0.3, 0.4) is 0 Å². The Labute approximate surface area is 106 Å². The van der Waals surface area contributed by atoms with Crippen molar-refractivity contribution in [1.82, 2.24) is 0 Å². The van der Waals surface area contributed by atoms with E-state index in [1.165, 1.54) is 42.1 Å². The molecule has 1 nitrogen and oxygen atoms in total. The third kappa shape index (κ3) is 2.65. The van der Waals surface area contributed by atoms with Gasteiger partial charge in [0.25, 0.3) is 0 Å². The Kier molecular flexibility index (Phi) is 4.01. The molecule has 1 fully saturated rings. The number of hydrogen-bond acceptors (Lipinski definition) is 1. The highest BCUT2D eigenvalue weighted by molar-refractivity contribution is 9.10. The van der Waals surface area contributed by atoms with E-state index in [2.05, 4.69) is 40.2 Å². The van der Waals surface area contributed by atoms with Crippen molar-refractivity contribution in [2.45, 2.75) is 44.4 Å². The van der Waals surface area contributed by atoms with Crippen molar-refractivity contribution in [2.75, 3.05) is 0 Å². The standard InChI is InChI=1S/C14H16BrN/c15-14-10-11(8-9-16)6-7-13(14)12-4-2-1-3-5-12/h6-7,10,12H,1-5,8H2. The molecule has 84 valence electrons. The Hall–Kier alpha value is -0.810. The second-order valence-corrected chi connectivity index (χ2v) is 5.38. The van der Waals surface area contributed by atoms with E-state index in [1.807, 2.05) is 0 Å². The molecule has 0 aliphatic heterocycles. The Balaban J connectivity index is 2.18. The van der Waals surface area contributed by atoms with Crippen molar-refractivity contribution >= 4 is 15.9 Å². The van der Waals surface area contributed by atoms with Gasteiger partial charge in [0.1, 0.15) is 0 Å². The first-order valence-electron chi connectivity index (χ1n) is 5.96. The number of hydrogen-bond donors (Lipinski definition) is 0. The summed E-state index contributed by atoms with van der Waals surface area (Å²) in [7, 11) is 0. The molecule has 0 N–H and O–H groups in total. The lowest BCUT2D eigenvalue weighted by molar-refractivity contribution is 0.442. The first kappa shape index (κ1) is 11.7. The number of nitriles is 1. The van der Waals surface area contributed by atoms with Gasteiger partial charge in [-0.05, 0) is 36.0 Å². The highest BCUT2D eigenvalue weighted by Crippen LogP contribution is 2.36. The average Bonchev–Trinajstić information content (AvgIpc) is 2.31. The maximum Gasteiger partial charge on any atom is 0.0669 e. The van der Waals surface area contributed by atoms with Crippen LogP contribution in [0.25, 0.3) is 0 Å². The van der Waals surface area contributed by atoms with E-state index in [4.69, 9.17) is 5.26 Å². The summed E-state index contributed by atoms with van der Waals surface area (Å²) < 4.78 is 1.19. The number of benzene rings is 1. The van der Waals surface area contributed by atoms with Crippen molar-refractivity contribution in [3.05, 3.63) is 33.8 Å². The summed E-state index contributed by atoms with van der Waals surface area (Å²) in [5.74, 6) is 0.722. The molecule has 0 bridgehead atoms. The van der Waals surface area contributed by atoms with Crippen LogP contribution in [0, 0.1) is 11.3 Å². The molecule has 1 aliphatic carbocycles. The zero-order valence-electron chi connectivity index (χ0n) is 9.38. The quantitative estimate of drug-likeness (QED) is 0.777. The minimum absolute atomic E-state index is 0.504. The topological polar surface area (TPSA) is 23.8 Å². The van der Waals surface area contributed by atoms with E-state index in [-0.39, 0.29) is 0 Å². The summed E-state index contributed by atoms with van der Waals surface area (Å²) in [6.07, 6.45) is 7.24. The molecule has 0 unspecified atom stereocenters. The second-order valence-electron chi connectivity index (χ2n) is 4.53. The minimum Gasteiger partial charge on any atom is -0.198 e. The van der Waals surface area contributed by atoms with Gasteiger partial charge in [-0.25, -0.2) is 0 Å². The first-order chi connectivity index (χ1) is 7.81. The zero-order chi connectivity index (χ0) is 11.4. The van der Waals surface area contributed by atoms with Gasteiger partial charge in [0.2, 0.25) is 0 Å². The van der Waals surface area contributed by atoms with E-state index in [0.717, 1.165) is 11.5 Å². The Morgan fingerprint density at radius 1 is 1.25 bits per heavy atom. The SMILES string of the molecule is N#CCc1ccc(C2CCCCC2)c(Br)c1. The van der Waals surface area contributed by atoms with Crippen LogP contribution in [0.1, 0.15) is 49.1 Å². The number of halogens is 1. The molecule has 2 heteroatoms. The molecule has 0 spiro atoms. The normalized spacial score (nSPS) is 17.0. The smallest absolute Gasteiger partial charge is 0.0669 e. The molecular weight excluding hydrogens is 262 g/mol. The Bertz CT molecular complexity index is 400. The van der Waals surface area contributed by atoms with E-state index >= 15 is 0 Å². The van der Waals surface area contributed by atoms with Crippen LogP contribution in [0.2, 0.25) is 0 Å². The van der Waals surface area contributed by atoms with Gasteiger partial charge in [0.15, 0.2) is 0 Å². The molecule has 16 heavy (non-hydrogen) atoms. The van der Waals surface area contributed by atoms with Gasteiger partial charge in [0, 0.05) is 4.47 Å². The van der Waals surface area contributed by atoms with Crippen molar-refractivity contribution in [3.63, 3.8) is 0 Å². The highest BCUT2D eigenvalue weighted by atomic mass is 79.9. The van der Waals surface area contributed by atoms with E-state index in [0.29, 0.717) is 6.42 Å². The molecule has 1 aliphatic rings. The van der Waals surface area contributed by atoms with Gasteiger partial charge in [-0.1, -0.05) is 47.3 Å². The second kappa shape index (κ2) is 5.50. The lowest BCUT2D eigenvalue weighted by Gasteiger charge is -2.23. The fourth-order valence-electron chi connectivity index (χ4n) is 2.52. The van der Waals surface area contributed by atoms with Gasteiger partial charge in [-0.15, -0.1) is 0 Å². The summed E-state index contributed by atoms with van der Waals surface area (Å²) in [6.45, 7) is 0. The molecule has 0 heterocycles. The van der Waals surface area contributed by atoms with Crippen molar-refractivity contribution in [1.29, 1.82) is 5.26 Å². The third-order valence-electron chi connectivity index (χ3n) is 3.39. The van der Waals surface area contributed by atoms with Crippen molar-refractivity contribution in [2.24, 2.45) is 0 Å². The maximum absolute atomic E-state index is 8.66. The van der Waals surface area contributed by atoms with Crippen LogP contribution in [-0.4, -0.2) is 0 Å². The molecule has 0 radical (unpaired) electrons. The average molecular weight is 278 g/mol. The summed E-state index contributed by atoms with van der Waals surface area (Å²) in [5.41, 5.74) is 2.54. The number of rotatable bonds is 2. The van der Waals surface area contributed by atoms with E-state index in [9.17, 15) is 0 Å².